The molecule has 34 heavy (non-hydrogen) atoms. The van der Waals surface area contributed by atoms with Crippen LogP contribution in [0.2, 0.25) is 0 Å². The zero-order valence-corrected chi connectivity index (χ0v) is 18.8. The average Bonchev–Trinajstić information content (AvgIpc) is 2.77. The van der Waals surface area contributed by atoms with Gasteiger partial charge in [0.25, 0.3) is 11.8 Å². The van der Waals surface area contributed by atoms with Crippen molar-refractivity contribution in [3.63, 3.8) is 0 Å². The standard InChI is InChI=1S/C20H20N2O11S/c1-21(8-13(23)24)16(25)14-12(10-34(29,30)18-15(31-2)17(26)22(14)18)9-32-20(28)33-19(27)11-6-4-3-5-7-11/h3-7,15,18H,8-10H2,1-2H3,(H,23,24)/t15-,18+/m0/s1. The van der Waals surface area contributed by atoms with Gasteiger partial charge in [0.05, 0.1) is 11.3 Å². The number of aliphatic carboxylic acids is 1. The quantitative estimate of drug-likeness (QED) is 0.290. The van der Waals surface area contributed by atoms with E-state index in [4.69, 9.17) is 14.6 Å². The van der Waals surface area contributed by atoms with Gasteiger partial charge >= 0.3 is 18.1 Å². The highest BCUT2D eigenvalue weighted by atomic mass is 32.2. The maximum absolute atomic E-state index is 12.9. The van der Waals surface area contributed by atoms with Crippen LogP contribution in [0, 0.1) is 0 Å². The number of carbonyl (C=O) groups excluding carboxylic acids is 4. The molecule has 3 rings (SSSR count). The van der Waals surface area contributed by atoms with Crippen LogP contribution in [0.3, 0.4) is 0 Å². The highest BCUT2D eigenvalue weighted by Crippen LogP contribution is 2.38. The third-order valence-corrected chi connectivity index (χ3v) is 6.98. The molecule has 13 nitrogen and oxygen atoms in total. The summed E-state index contributed by atoms with van der Waals surface area (Å²) in [6.45, 7) is -1.55. The van der Waals surface area contributed by atoms with E-state index >= 15 is 0 Å². The van der Waals surface area contributed by atoms with Gasteiger partial charge in [0.1, 0.15) is 18.8 Å². The first-order valence-corrected chi connectivity index (χ1v) is 11.4. The molecule has 2 aliphatic rings. The number of carbonyl (C=O) groups is 5. The van der Waals surface area contributed by atoms with E-state index in [0.717, 1.165) is 19.1 Å². The van der Waals surface area contributed by atoms with Crippen molar-refractivity contribution in [1.82, 2.24) is 9.80 Å². The van der Waals surface area contributed by atoms with E-state index in [9.17, 15) is 32.4 Å². The Bertz CT molecular complexity index is 1180. The van der Waals surface area contributed by atoms with Crippen molar-refractivity contribution in [1.29, 1.82) is 0 Å². The van der Waals surface area contributed by atoms with Crippen LogP contribution < -0.4 is 0 Å². The van der Waals surface area contributed by atoms with Crippen LogP contribution >= 0.6 is 0 Å². The molecule has 2 amide bonds. The topological polar surface area (TPSA) is 174 Å². The minimum Gasteiger partial charge on any atom is -0.480 e. The largest absolute Gasteiger partial charge is 0.516 e. The lowest BCUT2D eigenvalue weighted by atomic mass is 10.0. The molecule has 0 bridgehead atoms. The second kappa shape index (κ2) is 9.61. The summed E-state index contributed by atoms with van der Waals surface area (Å²) in [5.41, 5.74) is -0.667. The summed E-state index contributed by atoms with van der Waals surface area (Å²) in [4.78, 5) is 61.9. The maximum Gasteiger partial charge on any atom is 0.516 e. The molecular formula is C20H20N2O11S. The Morgan fingerprint density at radius 2 is 1.82 bits per heavy atom. The molecule has 14 heteroatoms. The number of nitrogens with zero attached hydrogens (tertiary/aromatic N) is 2. The summed E-state index contributed by atoms with van der Waals surface area (Å²) in [5.74, 6) is -4.95. The monoisotopic (exact) mass is 496 g/mol. The van der Waals surface area contributed by atoms with Crippen LogP contribution in [0.1, 0.15) is 10.4 Å². The first-order chi connectivity index (χ1) is 16.0. The van der Waals surface area contributed by atoms with E-state index in [2.05, 4.69) is 4.74 Å². The van der Waals surface area contributed by atoms with E-state index in [0.29, 0.717) is 4.90 Å². The smallest absolute Gasteiger partial charge is 0.480 e. The van der Waals surface area contributed by atoms with Gasteiger partial charge < -0.3 is 24.2 Å². The van der Waals surface area contributed by atoms with Gasteiger partial charge in [0.2, 0.25) is 0 Å². The van der Waals surface area contributed by atoms with Gasteiger partial charge in [-0.2, -0.15) is 0 Å². The number of ether oxygens (including phenoxy) is 3. The molecule has 0 saturated carbocycles. The van der Waals surface area contributed by atoms with Crippen LogP contribution in [0.4, 0.5) is 4.79 Å². The predicted molar refractivity (Wildman–Crippen MR) is 111 cm³/mol. The van der Waals surface area contributed by atoms with Gasteiger partial charge in [-0.25, -0.2) is 18.0 Å². The fourth-order valence-corrected chi connectivity index (χ4v) is 5.52. The Labute approximate surface area is 193 Å². The third-order valence-electron chi connectivity index (χ3n) is 5.04. The summed E-state index contributed by atoms with van der Waals surface area (Å²) >= 11 is 0. The van der Waals surface area contributed by atoms with Crippen molar-refractivity contribution < 1.29 is 51.7 Å². The Hall–Kier alpha value is -3.78. The number of methoxy groups -OCH3 is 1. The summed E-state index contributed by atoms with van der Waals surface area (Å²) in [6, 6.07) is 7.51. The molecule has 0 radical (unpaired) electrons. The summed E-state index contributed by atoms with van der Waals surface area (Å²) in [7, 11) is -1.78. The fraction of sp³-hybridized carbons (Fsp3) is 0.350. The lowest BCUT2D eigenvalue weighted by molar-refractivity contribution is -0.161. The number of benzene rings is 1. The minimum atomic E-state index is -4.06. The molecular weight excluding hydrogens is 476 g/mol. The summed E-state index contributed by atoms with van der Waals surface area (Å²) in [5, 5.41) is 7.49. The third kappa shape index (κ3) is 4.77. The van der Waals surface area contributed by atoms with E-state index < -0.39 is 75.8 Å². The Morgan fingerprint density at radius 3 is 2.41 bits per heavy atom. The number of amides is 2. The molecule has 1 saturated heterocycles. The zero-order chi connectivity index (χ0) is 25.2. The number of hydrogen-bond donors (Lipinski definition) is 1. The molecule has 1 fully saturated rings. The lowest BCUT2D eigenvalue weighted by Crippen LogP contribution is -2.71. The number of carboxylic acid groups (broad SMARTS) is 1. The molecule has 0 spiro atoms. The van der Waals surface area contributed by atoms with Crippen molar-refractivity contribution in [2.75, 3.05) is 33.1 Å². The summed E-state index contributed by atoms with van der Waals surface area (Å²) < 4.78 is 39.8. The molecule has 1 aromatic carbocycles. The van der Waals surface area contributed by atoms with E-state index in [-0.39, 0.29) is 11.1 Å². The first-order valence-electron chi connectivity index (χ1n) is 9.68. The molecule has 1 aromatic rings. The van der Waals surface area contributed by atoms with Crippen molar-refractivity contribution in [2.45, 2.75) is 11.5 Å². The number of likely N-dealkylation sites (N-methyl/N-ethyl adjacent to an activating group) is 1. The van der Waals surface area contributed by atoms with E-state index in [1.807, 2.05) is 0 Å². The highest BCUT2D eigenvalue weighted by Gasteiger charge is 2.60. The molecule has 0 aliphatic carbocycles. The van der Waals surface area contributed by atoms with Gasteiger partial charge in [-0.1, -0.05) is 18.2 Å². The van der Waals surface area contributed by atoms with Gasteiger partial charge in [-0.3, -0.25) is 19.3 Å². The second-order valence-electron chi connectivity index (χ2n) is 7.36. The normalized spacial score (nSPS) is 20.6. The number of carboxylic acids is 1. The number of esters is 1. The van der Waals surface area contributed by atoms with Crippen molar-refractivity contribution in [3.05, 3.63) is 47.2 Å². The van der Waals surface area contributed by atoms with Crippen LogP contribution in [0.15, 0.2) is 41.6 Å². The molecule has 1 N–H and O–H groups in total. The molecule has 2 atom stereocenters. The summed E-state index contributed by atoms with van der Waals surface area (Å²) in [6.07, 6.45) is -2.80. The highest BCUT2D eigenvalue weighted by molar-refractivity contribution is 7.92. The van der Waals surface area contributed by atoms with E-state index in [1.54, 1.807) is 18.2 Å². The van der Waals surface area contributed by atoms with Crippen molar-refractivity contribution in [3.8, 4) is 0 Å². The van der Waals surface area contributed by atoms with Gasteiger partial charge in [-0.15, -0.1) is 0 Å². The van der Waals surface area contributed by atoms with Crippen LogP contribution in [0.5, 0.6) is 0 Å². The Kier molecular flexibility index (Phi) is 7.02. The van der Waals surface area contributed by atoms with E-state index in [1.165, 1.54) is 12.1 Å². The first kappa shape index (κ1) is 24.9. The van der Waals surface area contributed by atoms with Gasteiger partial charge in [0, 0.05) is 19.7 Å². The Balaban J connectivity index is 1.86. The number of fused-ring (bicyclic) bond motifs is 1. The molecule has 2 heterocycles. The van der Waals surface area contributed by atoms with Crippen molar-refractivity contribution in [2.24, 2.45) is 0 Å². The second-order valence-corrected chi connectivity index (χ2v) is 9.46. The average molecular weight is 496 g/mol. The van der Waals surface area contributed by atoms with Gasteiger partial charge in [0.15, 0.2) is 21.3 Å². The van der Waals surface area contributed by atoms with Gasteiger partial charge in [-0.05, 0) is 12.1 Å². The number of hydrogen-bond acceptors (Lipinski definition) is 10. The number of β-lactam (4-membered cyclic amide) rings is 1. The zero-order valence-electron chi connectivity index (χ0n) is 18.0. The lowest BCUT2D eigenvalue weighted by Gasteiger charge is -2.49. The number of sulfone groups is 1. The fourth-order valence-electron chi connectivity index (χ4n) is 3.51. The number of rotatable bonds is 7. The minimum absolute atomic E-state index is 0.0599. The SMILES string of the molecule is CO[C@H]1C(=O)N2C(C(=O)N(C)CC(=O)O)=C(COC(=O)OC(=O)c3ccccc3)CS(=O)(=O)[C@H]12. The van der Waals surface area contributed by atoms with Crippen LogP contribution in [-0.2, 0) is 38.4 Å². The van der Waals surface area contributed by atoms with Crippen LogP contribution in [-0.4, -0.2) is 97.8 Å². The van der Waals surface area contributed by atoms with Crippen LogP contribution in [0.25, 0.3) is 0 Å². The predicted octanol–water partition coefficient (Wildman–Crippen LogP) is -0.611. The molecule has 0 aromatic heterocycles. The maximum atomic E-state index is 12.9. The van der Waals surface area contributed by atoms with Crippen molar-refractivity contribution >= 4 is 39.7 Å². The molecule has 2 aliphatic heterocycles. The molecule has 182 valence electrons. The Morgan fingerprint density at radius 1 is 1.18 bits per heavy atom. The molecule has 0 unspecified atom stereocenters.